The molecular formula is C27H33N5O. The van der Waals surface area contributed by atoms with E-state index in [4.69, 9.17) is 0 Å². The molecule has 6 heteroatoms. The Kier molecular flexibility index (Phi) is 7.23. The summed E-state index contributed by atoms with van der Waals surface area (Å²) in [6, 6.07) is 20.4. The second-order valence-electron chi connectivity index (χ2n) is 9.10. The molecule has 1 saturated carbocycles. The Balaban J connectivity index is 1.24. The number of anilines is 2. The summed E-state index contributed by atoms with van der Waals surface area (Å²) < 4.78 is 0. The third kappa shape index (κ3) is 6.09. The van der Waals surface area contributed by atoms with E-state index in [1.54, 1.807) is 0 Å². The maximum Gasteiger partial charge on any atom is 0.251 e. The standard InChI is InChI=1S/C27H33N5O/c1-19-17-25(32(2)3)31-27(29-19)30-24-15-9-20(10-16-24)18-28-26(33)23-13-11-22(12-14-23)21-7-5-4-6-8-21/h4-8,11-14,17,20,24H,9-10,15-16,18H2,1-3H3,(H,28,33)(H,29,30,31)/t20-,24+. The molecule has 1 heterocycles. The zero-order valence-corrected chi connectivity index (χ0v) is 19.7. The highest BCUT2D eigenvalue weighted by molar-refractivity contribution is 5.94. The Morgan fingerprint density at radius 1 is 0.939 bits per heavy atom. The molecule has 1 aromatic heterocycles. The third-order valence-electron chi connectivity index (χ3n) is 6.28. The lowest BCUT2D eigenvalue weighted by Crippen LogP contribution is -2.34. The summed E-state index contributed by atoms with van der Waals surface area (Å²) in [5.74, 6) is 2.12. The van der Waals surface area contributed by atoms with Crippen LogP contribution in [-0.4, -0.2) is 42.6 Å². The van der Waals surface area contributed by atoms with Gasteiger partial charge in [0.2, 0.25) is 5.95 Å². The monoisotopic (exact) mass is 443 g/mol. The van der Waals surface area contributed by atoms with Gasteiger partial charge < -0.3 is 15.5 Å². The number of hydrogen-bond donors (Lipinski definition) is 2. The largest absolute Gasteiger partial charge is 0.363 e. The van der Waals surface area contributed by atoms with Gasteiger partial charge in [0.05, 0.1) is 0 Å². The first-order chi connectivity index (χ1) is 16.0. The molecule has 0 bridgehead atoms. The fraction of sp³-hybridized carbons (Fsp3) is 0.370. The molecule has 0 spiro atoms. The van der Waals surface area contributed by atoms with Gasteiger partial charge in [-0.3, -0.25) is 4.79 Å². The van der Waals surface area contributed by atoms with Crippen LogP contribution in [-0.2, 0) is 0 Å². The maximum atomic E-state index is 12.6. The van der Waals surface area contributed by atoms with Gasteiger partial charge in [-0.05, 0) is 61.8 Å². The van der Waals surface area contributed by atoms with E-state index in [1.165, 1.54) is 0 Å². The number of nitrogens with zero attached hydrogens (tertiary/aromatic N) is 3. The second kappa shape index (κ2) is 10.5. The predicted molar refractivity (Wildman–Crippen MR) is 135 cm³/mol. The molecule has 0 radical (unpaired) electrons. The van der Waals surface area contributed by atoms with E-state index in [1.807, 2.05) is 74.4 Å². The molecule has 3 aromatic rings. The minimum atomic E-state index is -0.000708. The SMILES string of the molecule is Cc1cc(N(C)C)nc(N[C@H]2CC[C@@H](CNC(=O)c3ccc(-c4ccccc4)cc3)CC2)n1. The van der Waals surface area contributed by atoms with Gasteiger partial charge in [-0.15, -0.1) is 0 Å². The van der Waals surface area contributed by atoms with Crippen molar-refractivity contribution in [2.45, 2.75) is 38.6 Å². The van der Waals surface area contributed by atoms with Crippen molar-refractivity contribution in [2.75, 3.05) is 30.9 Å². The maximum absolute atomic E-state index is 12.6. The molecule has 0 aliphatic heterocycles. The fourth-order valence-corrected chi connectivity index (χ4v) is 4.32. The molecule has 1 aliphatic carbocycles. The molecule has 2 N–H and O–H groups in total. The Labute approximate surface area is 196 Å². The van der Waals surface area contributed by atoms with Crippen LogP contribution in [0.3, 0.4) is 0 Å². The summed E-state index contributed by atoms with van der Waals surface area (Å²) in [5.41, 5.74) is 3.94. The van der Waals surface area contributed by atoms with Crippen LogP contribution >= 0.6 is 0 Å². The molecule has 6 nitrogen and oxygen atoms in total. The molecule has 1 fully saturated rings. The van der Waals surface area contributed by atoms with Crippen molar-refractivity contribution in [3.05, 3.63) is 71.9 Å². The van der Waals surface area contributed by atoms with E-state index in [2.05, 4.69) is 32.7 Å². The van der Waals surface area contributed by atoms with Crippen LogP contribution in [0.25, 0.3) is 11.1 Å². The van der Waals surface area contributed by atoms with Crippen LogP contribution in [0, 0.1) is 12.8 Å². The van der Waals surface area contributed by atoms with Crippen molar-refractivity contribution in [3.8, 4) is 11.1 Å². The smallest absolute Gasteiger partial charge is 0.251 e. The number of amides is 1. The molecular weight excluding hydrogens is 410 g/mol. The molecule has 0 atom stereocenters. The Hall–Kier alpha value is -3.41. The number of nitrogens with one attached hydrogen (secondary N) is 2. The molecule has 4 rings (SSSR count). The summed E-state index contributed by atoms with van der Waals surface area (Å²) in [6.45, 7) is 2.71. The van der Waals surface area contributed by atoms with E-state index < -0.39 is 0 Å². The molecule has 2 aromatic carbocycles. The first-order valence-corrected chi connectivity index (χ1v) is 11.7. The van der Waals surface area contributed by atoms with Gasteiger partial charge in [0.25, 0.3) is 5.91 Å². The molecule has 0 unspecified atom stereocenters. The fourth-order valence-electron chi connectivity index (χ4n) is 4.32. The van der Waals surface area contributed by atoms with Crippen LogP contribution in [0.2, 0.25) is 0 Å². The Morgan fingerprint density at radius 3 is 2.27 bits per heavy atom. The van der Waals surface area contributed by atoms with Gasteiger partial charge in [-0.2, -0.15) is 4.98 Å². The lowest BCUT2D eigenvalue weighted by molar-refractivity contribution is 0.0943. The highest BCUT2D eigenvalue weighted by Gasteiger charge is 2.22. The topological polar surface area (TPSA) is 70.2 Å². The van der Waals surface area contributed by atoms with E-state index in [-0.39, 0.29) is 5.91 Å². The van der Waals surface area contributed by atoms with Gasteiger partial charge in [0.15, 0.2) is 0 Å². The Bertz CT molecular complexity index is 1060. The highest BCUT2D eigenvalue weighted by atomic mass is 16.1. The summed E-state index contributed by atoms with van der Waals surface area (Å²) >= 11 is 0. The quantitative estimate of drug-likeness (QED) is 0.542. The Morgan fingerprint density at radius 2 is 1.61 bits per heavy atom. The highest BCUT2D eigenvalue weighted by Crippen LogP contribution is 2.26. The van der Waals surface area contributed by atoms with Crippen molar-refractivity contribution in [3.63, 3.8) is 0 Å². The lowest BCUT2D eigenvalue weighted by atomic mass is 9.86. The first kappa shape index (κ1) is 22.8. The van der Waals surface area contributed by atoms with Gasteiger partial charge in [0.1, 0.15) is 5.82 Å². The number of aromatic nitrogens is 2. The molecule has 1 amide bonds. The minimum Gasteiger partial charge on any atom is -0.363 e. The number of aryl methyl sites for hydroxylation is 1. The summed E-state index contributed by atoms with van der Waals surface area (Å²) in [7, 11) is 3.98. The molecule has 33 heavy (non-hydrogen) atoms. The van der Waals surface area contributed by atoms with Gasteiger partial charge in [-0.1, -0.05) is 42.5 Å². The van der Waals surface area contributed by atoms with Crippen LogP contribution < -0.4 is 15.5 Å². The number of carbonyl (C=O) groups excluding carboxylic acids is 1. The van der Waals surface area contributed by atoms with Crippen molar-refractivity contribution in [2.24, 2.45) is 5.92 Å². The van der Waals surface area contributed by atoms with Gasteiger partial charge >= 0.3 is 0 Å². The average molecular weight is 444 g/mol. The normalized spacial score (nSPS) is 17.9. The number of rotatable bonds is 7. The number of carbonyl (C=O) groups is 1. The zero-order chi connectivity index (χ0) is 23.2. The molecule has 1 aliphatic rings. The molecule has 0 saturated heterocycles. The van der Waals surface area contributed by atoms with Crippen molar-refractivity contribution < 1.29 is 4.79 Å². The predicted octanol–water partition coefficient (Wildman–Crippen LogP) is 4.92. The average Bonchev–Trinajstić information content (AvgIpc) is 2.83. The van der Waals surface area contributed by atoms with E-state index in [0.717, 1.165) is 54.9 Å². The van der Waals surface area contributed by atoms with Gasteiger partial charge in [0, 0.05) is 44.0 Å². The first-order valence-electron chi connectivity index (χ1n) is 11.7. The van der Waals surface area contributed by atoms with Crippen LogP contribution in [0.4, 0.5) is 11.8 Å². The van der Waals surface area contributed by atoms with Crippen molar-refractivity contribution in [1.82, 2.24) is 15.3 Å². The summed E-state index contributed by atoms with van der Waals surface area (Å²) in [4.78, 5) is 23.8. The van der Waals surface area contributed by atoms with Crippen LogP contribution in [0.15, 0.2) is 60.7 Å². The molecule has 172 valence electrons. The van der Waals surface area contributed by atoms with Crippen molar-refractivity contribution in [1.29, 1.82) is 0 Å². The number of benzene rings is 2. The van der Waals surface area contributed by atoms with Gasteiger partial charge in [-0.25, -0.2) is 4.98 Å². The summed E-state index contributed by atoms with van der Waals surface area (Å²) in [5, 5.41) is 6.64. The van der Waals surface area contributed by atoms with Crippen LogP contribution in [0.1, 0.15) is 41.7 Å². The third-order valence-corrected chi connectivity index (χ3v) is 6.28. The summed E-state index contributed by atoms with van der Waals surface area (Å²) in [6.07, 6.45) is 4.27. The van der Waals surface area contributed by atoms with E-state index >= 15 is 0 Å². The minimum absolute atomic E-state index is 0.000708. The van der Waals surface area contributed by atoms with E-state index in [0.29, 0.717) is 23.5 Å². The lowest BCUT2D eigenvalue weighted by Gasteiger charge is -2.29. The van der Waals surface area contributed by atoms with Crippen molar-refractivity contribution >= 4 is 17.7 Å². The number of hydrogen-bond acceptors (Lipinski definition) is 5. The second-order valence-corrected chi connectivity index (χ2v) is 9.10. The zero-order valence-electron chi connectivity index (χ0n) is 19.7. The van der Waals surface area contributed by atoms with Crippen LogP contribution in [0.5, 0.6) is 0 Å². The van der Waals surface area contributed by atoms with E-state index in [9.17, 15) is 4.79 Å².